The van der Waals surface area contributed by atoms with Gasteiger partial charge in [-0.05, 0) is 109 Å². The summed E-state index contributed by atoms with van der Waals surface area (Å²) in [5.41, 5.74) is 0. The topological polar surface area (TPSA) is 111 Å². The molecule has 0 aliphatic carbocycles. The summed E-state index contributed by atoms with van der Waals surface area (Å²) in [4.78, 5) is 37.6. The molecular formula is C65H112N2O7P+. The van der Waals surface area contributed by atoms with Gasteiger partial charge in [0.15, 0.2) is 0 Å². The SMILES string of the molecule is CC/C=C\C/C=C\C/C=C\C/C=C\C/C=C\C/C=C\CCC(=O)OC(/C=C/CCCCCCCCCCC)C(COP(=O)(O)OCC[N+](C)(C)C)NC(=O)CCCCCCCC/C=C\C/C=C\C/C=C\CCCCC. The number of ether oxygens (including phenoxy) is 1. The van der Waals surface area contributed by atoms with Crippen LogP contribution >= 0.6 is 7.82 Å². The monoisotopic (exact) mass is 1060 g/mol. The second-order valence-electron chi connectivity index (χ2n) is 20.8. The molecule has 75 heavy (non-hydrogen) atoms. The molecule has 0 aliphatic rings. The van der Waals surface area contributed by atoms with E-state index in [-0.39, 0.29) is 25.5 Å². The number of carbonyl (C=O) groups is 2. The molecule has 0 saturated heterocycles. The molecule has 0 aromatic rings. The molecule has 0 radical (unpaired) electrons. The number of unbranched alkanes of at least 4 members (excludes halogenated alkanes) is 18. The van der Waals surface area contributed by atoms with Crippen molar-refractivity contribution in [2.24, 2.45) is 0 Å². The number of quaternary nitrogens is 1. The summed E-state index contributed by atoms with van der Waals surface area (Å²) in [5.74, 6) is -0.627. The fourth-order valence-corrected chi connectivity index (χ4v) is 8.53. The third-order valence-electron chi connectivity index (χ3n) is 12.4. The van der Waals surface area contributed by atoms with Crippen LogP contribution in [0.15, 0.2) is 122 Å². The van der Waals surface area contributed by atoms with Gasteiger partial charge < -0.3 is 19.4 Å². The van der Waals surface area contributed by atoms with Crippen molar-refractivity contribution in [2.75, 3.05) is 40.9 Å². The van der Waals surface area contributed by atoms with Crippen LogP contribution in [0.4, 0.5) is 0 Å². The maximum atomic E-state index is 13.5. The lowest BCUT2D eigenvalue weighted by molar-refractivity contribution is -0.870. The Balaban J connectivity index is 5.42. The van der Waals surface area contributed by atoms with Crippen LogP contribution < -0.4 is 5.32 Å². The van der Waals surface area contributed by atoms with Crippen LogP contribution in [0.1, 0.15) is 226 Å². The van der Waals surface area contributed by atoms with Crippen molar-refractivity contribution >= 4 is 19.7 Å². The first-order chi connectivity index (χ1) is 36.4. The molecule has 0 aromatic heterocycles. The van der Waals surface area contributed by atoms with E-state index in [1.807, 2.05) is 45.4 Å². The minimum atomic E-state index is -4.47. The van der Waals surface area contributed by atoms with Crippen LogP contribution in [0, 0.1) is 0 Å². The average Bonchev–Trinajstić information content (AvgIpc) is 3.37. The highest BCUT2D eigenvalue weighted by atomic mass is 31.2. The molecule has 428 valence electrons. The average molecular weight is 1060 g/mol. The van der Waals surface area contributed by atoms with Crippen LogP contribution in [0.5, 0.6) is 0 Å². The molecule has 0 aromatic carbocycles. The van der Waals surface area contributed by atoms with Crippen molar-refractivity contribution in [1.82, 2.24) is 5.32 Å². The number of carbonyl (C=O) groups excluding carboxylic acids is 2. The molecule has 1 amide bonds. The number of amides is 1. The third-order valence-corrected chi connectivity index (χ3v) is 13.4. The van der Waals surface area contributed by atoms with Crippen molar-refractivity contribution in [3.63, 3.8) is 0 Å². The van der Waals surface area contributed by atoms with Gasteiger partial charge in [-0.1, -0.05) is 226 Å². The van der Waals surface area contributed by atoms with Crippen LogP contribution in [0.2, 0.25) is 0 Å². The van der Waals surface area contributed by atoms with Gasteiger partial charge in [0.25, 0.3) is 0 Å². The number of hydrogen-bond donors (Lipinski definition) is 2. The fourth-order valence-electron chi connectivity index (χ4n) is 7.79. The maximum absolute atomic E-state index is 13.5. The largest absolute Gasteiger partial charge is 0.472 e. The summed E-state index contributed by atoms with van der Waals surface area (Å²) >= 11 is 0. The van der Waals surface area contributed by atoms with E-state index in [1.54, 1.807) is 0 Å². The lowest BCUT2D eigenvalue weighted by atomic mass is 10.1. The van der Waals surface area contributed by atoms with Crippen LogP contribution in [0.3, 0.4) is 0 Å². The Morgan fingerprint density at radius 2 is 0.867 bits per heavy atom. The van der Waals surface area contributed by atoms with Gasteiger partial charge in [-0.3, -0.25) is 18.6 Å². The minimum Gasteiger partial charge on any atom is -0.456 e. The Hall–Kier alpha value is -3.59. The number of allylic oxidation sites excluding steroid dienone is 19. The molecule has 0 aliphatic heterocycles. The van der Waals surface area contributed by atoms with E-state index in [2.05, 4.69) is 123 Å². The number of phosphoric acid groups is 1. The number of nitrogens with one attached hydrogen (secondary N) is 1. The number of esters is 1. The summed E-state index contributed by atoms with van der Waals surface area (Å²) in [7, 11) is 1.43. The number of rotatable bonds is 52. The Bertz CT molecular complexity index is 1700. The fraction of sp³-hybridized carbons (Fsp3) is 0.662. The van der Waals surface area contributed by atoms with Gasteiger partial charge in [0.2, 0.25) is 5.91 Å². The minimum absolute atomic E-state index is 0.0197. The molecule has 0 spiro atoms. The van der Waals surface area contributed by atoms with Gasteiger partial charge >= 0.3 is 13.8 Å². The number of likely N-dealkylation sites (N-methyl/N-ethyl adjacent to an activating group) is 1. The predicted octanol–water partition coefficient (Wildman–Crippen LogP) is 18.3. The first-order valence-electron chi connectivity index (χ1n) is 29.9. The Morgan fingerprint density at radius 3 is 1.33 bits per heavy atom. The van der Waals surface area contributed by atoms with E-state index in [1.165, 1.54) is 70.6 Å². The van der Waals surface area contributed by atoms with Gasteiger partial charge in [-0.2, -0.15) is 0 Å². The van der Waals surface area contributed by atoms with Crippen LogP contribution in [-0.2, 0) is 27.9 Å². The third kappa shape index (κ3) is 55.0. The Labute approximate surface area is 461 Å². The van der Waals surface area contributed by atoms with Gasteiger partial charge in [-0.25, -0.2) is 4.57 Å². The van der Waals surface area contributed by atoms with Gasteiger partial charge in [0.1, 0.15) is 19.3 Å². The highest BCUT2D eigenvalue weighted by molar-refractivity contribution is 7.47. The van der Waals surface area contributed by atoms with Gasteiger partial charge in [0.05, 0.1) is 33.8 Å². The summed E-state index contributed by atoms with van der Waals surface area (Å²) in [5, 5.41) is 3.02. The predicted molar refractivity (Wildman–Crippen MR) is 323 cm³/mol. The molecular weight excluding hydrogens is 952 g/mol. The Morgan fingerprint density at radius 1 is 0.480 bits per heavy atom. The summed E-state index contributed by atoms with van der Waals surface area (Å²) < 4.78 is 30.5. The zero-order valence-electron chi connectivity index (χ0n) is 48.7. The standard InChI is InChI=1S/C65H111N2O7P/c1-7-10-13-16-19-22-25-27-29-31-33-35-37-39-42-45-48-51-54-57-64(68)66-62(61-73-75(70,71)72-60-59-67(4,5)6)63(56-53-50-47-44-41-24-21-18-15-12-9-3)74-65(69)58-55-52-49-46-43-40-38-36-34-32-30-28-26-23-20-17-14-11-8-2/h11,14,19-20,22-23,27-30,33-36,40,43,49,52-53,56,62-63H,7-10,12-13,15-18,21,24-26,31-32,37-39,41-42,44-48,50-51,54-55,57-61H2,1-6H3,(H-,66,68,70,71)/p+1/b14-11-,22-19-,23-20-,29-27-,30-28-,35-33-,36-34-,43-40-,52-49-,56-53+. The van der Waals surface area contributed by atoms with Crippen molar-refractivity contribution in [3.8, 4) is 0 Å². The highest BCUT2D eigenvalue weighted by Crippen LogP contribution is 2.43. The molecule has 0 heterocycles. The van der Waals surface area contributed by atoms with E-state index >= 15 is 0 Å². The molecule has 3 unspecified atom stereocenters. The van der Waals surface area contributed by atoms with Crippen molar-refractivity contribution in [3.05, 3.63) is 122 Å². The van der Waals surface area contributed by atoms with Crippen LogP contribution in [0.25, 0.3) is 0 Å². The summed E-state index contributed by atoms with van der Waals surface area (Å²) in [6, 6.07) is -0.894. The lowest BCUT2D eigenvalue weighted by Crippen LogP contribution is -2.47. The highest BCUT2D eigenvalue weighted by Gasteiger charge is 2.30. The first kappa shape index (κ1) is 71.4. The maximum Gasteiger partial charge on any atom is 0.472 e. The Kier molecular flexibility index (Phi) is 51.2. The molecule has 2 N–H and O–H groups in total. The number of hydrogen-bond acceptors (Lipinski definition) is 6. The van der Waals surface area contributed by atoms with Crippen molar-refractivity contribution in [1.29, 1.82) is 0 Å². The number of nitrogens with zero attached hydrogens (tertiary/aromatic N) is 1. The molecule has 3 atom stereocenters. The van der Waals surface area contributed by atoms with E-state index < -0.39 is 25.9 Å². The zero-order valence-corrected chi connectivity index (χ0v) is 49.6. The molecule has 0 bridgehead atoms. The van der Waals surface area contributed by atoms with Gasteiger partial charge in [-0.15, -0.1) is 0 Å². The molecule has 0 saturated carbocycles. The normalized spacial score (nSPS) is 14.6. The molecule has 0 fully saturated rings. The summed E-state index contributed by atoms with van der Waals surface area (Å²) in [6.07, 6.45) is 74.9. The molecule has 9 nitrogen and oxygen atoms in total. The van der Waals surface area contributed by atoms with E-state index in [0.717, 1.165) is 116 Å². The smallest absolute Gasteiger partial charge is 0.456 e. The quantitative estimate of drug-likeness (QED) is 0.0205. The van der Waals surface area contributed by atoms with Crippen molar-refractivity contribution in [2.45, 2.75) is 238 Å². The van der Waals surface area contributed by atoms with Crippen LogP contribution in [-0.4, -0.2) is 74.3 Å². The lowest BCUT2D eigenvalue weighted by Gasteiger charge is -2.27. The van der Waals surface area contributed by atoms with E-state index in [4.69, 9.17) is 13.8 Å². The van der Waals surface area contributed by atoms with E-state index in [0.29, 0.717) is 23.9 Å². The summed E-state index contributed by atoms with van der Waals surface area (Å²) in [6.45, 7) is 6.78. The van der Waals surface area contributed by atoms with Crippen molar-refractivity contribution < 1.29 is 37.3 Å². The molecule has 0 rings (SSSR count). The molecule has 10 heteroatoms. The van der Waals surface area contributed by atoms with E-state index in [9.17, 15) is 19.0 Å². The second-order valence-corrected chi connectivity index (χ2v) is 22.2. The van der Waals surface area contributed by atoms with Gasteiger partial charge in [0, 0.05) is 12.8 Å². The number of phosphoric ester groups is 1. The first-order valence-corrected chi connectivity index (χ1v) is 31.4. The zero-order chi connectivity index (χ0) is 55.0. The second kappa shape index (κ2) is 53.8.